The number of amides is 1. The molecule has 1 aliphatic rings. The number of benzene rings is 2. The topological polar surface area (TPSA) is 38.1 Å². The molecule has 0 fully saturated rings. The molecule has 1 unspecified atom stereocenters. The number of hydrogen-bond donors (Lipinski definition) is 0. The van der Waals surface area contributed by atoms with Crippen LogP contribution < -0.4 is 0 Å². The molecule has 4 heteroatoms. The van der Waals surface area contributed by atoms with Crippen LogP contribution in [0, 0.1) is 20.8 Å². The number of carbonyl (C=O) groups is 1. The van der Waals surface area contributed by atoms with Gasteiger partial charge in [-0.05, 0) is 56.4 Å². The van der Waals surface area contributed by atoms with Crippen LogP contribution in [0.2, 0.25) is 0 Å². The molecule has 0 saturated heterocycles. The SMILES string of the molecule is Cc1ccc(CN(C(=O)CCn2nc(C)cc2C)C2CCc3ccccc32)cc1. The van der Waals surface area contributed by atoms with E-state index in [1.54, 1.807) is 0 Å². The molecule has 1 heterocycles. The van der Waals surface area contributed by atoms with E-state index in [0.29, 0.717) is 19.5 Å². The van der Waals surface area contributed by atoms with Crippen molar-refractivity contribution in [3.8, 4) is 0 Å². The first-order valence-electron chi connectivity index (χ1n) is 10.4. The maximum atomic E-state index is 13.4. The van der Waals surface area contributed by atoms with Crippen LogP contribution in [-0.2, 0) is 24.3 Å². The Morgan fingerprint density at radius 1 is 1.10 bits per heavy atom. The molecule has 0 spiro atoms. The molecule has 1 atom stereocenters. The third kappa shape index (κ3) is 4.26. The lowest BCUT2D eigenvalue weighted by atomic mass is 10.0. The fourth-order valence-electron chi connectivity index (χ4n) is 4.37. The van der Waals surface area contributed by atoms with E-state index < -0.39 is 0 Å². The van der Waals surface area contributed by atoms with Crippen molar-refractivity contribution in [2.45, 2.75) is 59.2 Å². The van der Waals surface area contributed by atoms with Crippen molar-refractivity contribution >= 4 is 5.91 Å². The van der Waals surface area contributed by atoms with Crippen LogP contribution in [0.25, 0.3) is 0 Å². The molecule has 0 radical (unpaired) electrons. The van der Waals surface area contributed by atoms with Crippen molar-refractivity contribution in [3.05, 3.63) is 88.2 Å². The molecule has 0 N–H and O–H groups in total. The average molecular weight is 388 g/mol. The molecular weight excluding hydrogens is 358 g/mol. The van der Waals surface area contributed by atoms with E-state index in [2.05, 4.69) is 71.5 Å². The van der Waals surface area contributed by atoms with Crippen LogP contribution in [0.1, 0.15) is 52.5 Å². The molecule has 4 nitrogen and oxygen atoms in total. The van der Waals surface area contributed by atoms with Crippen molar-refractivity contribution < 1.29 is 4.79 Å². The number of fused-ring (bicyclic) bond motifs is 1. The zero-order valence-electron chi connectivity index (χ0n) is 17.6. The Morgan fingerprint density at radius 2 is 1.86 bits per heavy atom. The summed E-state index contributed by atoms with van der Waals surface area (Å²) < 4.78 is 1.94. The molecule has 0 aliphatic heterocycles. The second-order valence-corrected chi connectivity index (χ2v) is 8.16. The minimum absolute atomic E-state index is 0.153. The second-order valence-electron chi connectivity index (χ2n) is 8.16. The van der Waals surface area contributed by atoms with E-state index in [1.165, 1.54) is 22.3 Å². The van der Waals surface area contributed by atoms with Gasteiger partial charge >= 0.3 is 0 Å². The third-order valence-corrected chi connectivity index (χ3v) is 5.91. The van der Waals surface area contributed by atoms with Crippen LogP contribution in [0.5, 0.6) is 0 Å². The number of carbonyl (C=O) groups excluding carboxylic acids is 1. The quantitative estimate of drug-likeness (QED) is 0.602. The highest BCUT2D eigenvalue weighted by molar-refractivity contribution is 5.77. The van der Waals surface area contributed by atoms with E-state index in [9.17, 15) is 4.79 Å². The van der Waals surface area contributed by atoms with Crippen LogP contribution in [0.15, 0.2) is 54.6 Å². The van der Waals surface area contributed by atoms with E-state index in [4.69, 9.17) is 0 Å². The molecule has 150 valence electrons. The number of hydrogen-bond acceptors (Lipinski definition) is 2. The molecule has 4 rings (SSSR count). The van der Waals surface area contributed by atoms with Gasteiger partial charge in [0.05, 0.1) is 11.7 Å². The minimum Gasteiger partial charge on any atom is -0.331 e. The average Bonchev–Trinajstić information content (AvgIpc) is 3.28. The molecular formula is C25H29N3O. The molecule has 0 saturated carbocycles. The van der Waals surface area contributed by atoms with E-state index in [0.717, 1.165) is 24.2 Å². The van der Waals surface area contributed by atoms with Gasteiger partial charge in [-0.15, -0.1) is 0 Å². The maximum absolute atomic E-state index is 13.4. The lowest BCUT2D eigenvalue weighted by Gasteiger charge is -2.30. The van der Waals surface area contributed by atoms with Crippen molar-refractivity contribution in [2.75, 3.05) is 0 Å². The number of aromatic nitrogens is 2. The van der Waals surface area contributed by atoms with Crippen LogP contribution >= 0.6 is 0 Å². The Kier molecular flexibility index (Phi) is 5.52. The Hall–Kier alpha value is -2.88. The first-order chi connectivity index (χ1) is 14.0. The summed E-state index contributed by atoms with van der Waals surface area (Å²) in [7, 11) is 0. The van der Waals surface area contributed by atoms with Gasteiger partial charge in [0, 0.05) is 25.2 Å². The van der Waals surface area contributed by atoms with Crippen molar-refractivity contribution in [3.63, 3.8) is 0 Å². The van der Waals surface area contributed by atoms with Gasteiger partial charge in [-0.2, -0.15) is 5.10 Å². The van der Waals surface area contributed by atoms with Crippen molar-refractivity contribution in [1.29, 1.82) is 0 Å². The number of nitrogens with zero attached hydrogens (tertiary/aromatic N) is 3. The smallest absolute Gasteiger partial charge is 0.225 e. The molecule has 3 aromatic rings. The van der Waals surface area contributed by atoms with Crippen molar-refractivity contribution in [1.82, 2.24) is 14.7 Å². The summed E-state index contributed by atoms with van der Waals surface area (Å²) in [6.45, 7) is 7.40. The predicted molar refractivity (Wildman–Crippen MR) is 116 cm³/mol. The summed E-state index contributed by atoms with van der Waals surface area (Å²) in [5.41, 5.74) is 7.20. The Labute approximate surface area is 173 Å². The van der Waals surface area contributed by atoms with Crippen LogP contribution in [-0.4, -0.2) is 20.6 Å². The predicted octanol–water partition coefficient (Wildman–Crippen LogP) is 4.91. The molecule has 29 heavy (non-hydrogen) atoms. The fourth-order valence-corrected chi connectivity index (χ4v) is 4.37. The van der Waals surface area contributed by atoms with Gasteiger partial charge < -0.3 is 4.90 Å². The molecule has 2 aromatic carbocycles. The minimum atomic E-state index is 0.153. The standard InChI is InChI=1S/C25H29N3O/c1-18-8-10-21(11-9-18)17-27(24-13-12-22-6-4-5-7-23(22)24)25(29)14-15-28-20(3)16-19(2)26-28/h4-11,16,24H,12-15,17H2,1-3H3. The highest BCUT2D eigenvalue weighted by Crippen LogP contribution is 2.36. The van der Waals surface area contributed by atoms with E-state index >= 15 is 0 Å². The van der Waals surface area contributed by atoms with Gasteiger partial charge in [0.15, 0.2) is 0 Å². The Morgan fingerprint density at radius 3 is 2.59 bits per heavy atom. The first-order valence-corrected chi connectivity index (χ1v) is 10.4. The lowest BCUT2D eigenvalue weighted by molar-refractivity contribution is -0.134. The Bertz CT molecular complexity index is 1000. The molecule has 1 aliphatic carbocycles. The van der Waals surface area contributed by atoms with Gasteiger partial charge in [0.2, 0.25) is 5.91 Å². The summed E-state index contributed by atoms with van der Waals surface area (Å²) in [5.74, 6) is 0.194. The van der Waals surface area contributed by atoms with Crippen molar-refractivity contribution in [2.24, 2.45) is 0 Å². The van der Waals surface area contributed by atoms with Gasteiger partial charge in [0.25, 0.3) is 0 Å². The number of rotatable bonds is 6. The lowest BCUT2D eigenvalue weighted by Crippen LogP contribution is -2.34. The van der Waals surface area contributed by atoms with Gasteiger partial charge in [-0.25, -0.2) is 0 Å². The van der Waals surface area contributed by atoms with Crippen LogP contribution in [0.3, 0.4) is 0 Å². The largest absolute Gasteiger partial charge is 0.331 e. The van der Waals surface area contributed by atoms with E-state index in [-0.39, 0.29) is 11.9 Å². The highest BCUT2D eigenvalue weighted by atomic mass is 16.2. The molecule has 0 bridgehead atoms. The highest BCUT2D eigenvalue weighted by Gasteiger charge is 2.30. The normalized spacial score (nSPS) is 15.3. The van der Waals surface area contributed by atoms with Gasteiger partial charge in [-0.1, -0.05) is 54.1 Å². The third-order valence-electron chi connectivity index (χ3n) is 5.91. The van der Waals surface area contributed by atoms with Gasteiger partial charge in [-0.3, -0.25) is 9.48 Å². The Balaban J connectivity index is 1.56. The summed E-state index contributed by atoms with van der Waals surface area (Å²) in [4.78, 5) is 15.5. The zero-order chi connectivity index (χ0) is 20.4. The zero-order valence-corrected chi connectivity index (χ0v) is 17.6. The first kappa shape index (κ1) is 19.4. The molecule has 1 amide bonds. The van der Waals surface area contributed by atoms with Crippen LogP contribution in [0.4, 0.5) is 0 Å². The monoisotopic (exact) mass is 387 g/mol. The maximum Gasteiger partial charge on any atom is 0.225 e. The summed E-state index contributed by atoms with van der Waals surface area (Å²) in [6.07, 6.45) is 2.50. The fraction of sp³-hybridized carbons (Fsp3) is 0.360. The summed E-state index contributed by atoms with van der Waals surface area (Å²) in [6, 6.07) is 19.3. The second kappa shape index (κ2) is 8.24. The number of aryl methyl sites for hydroxylation is 5. The van der Waals surface area contributed by atoms with E-state index in [1.807, 2.05) is 18.5 Å². The summed E-state index contributed by atoms with van der Waals surface area (Å²) >= 11 is 0. The van der Waals surface area contributed by atoms with Gasteiger partial charge in [0.1, 0.15) is 0 Å². The molecule has 1 aromatic heterocycles. The summed E-state index contributed by atoms with van der Waals surface area (Å²) in [5, 5.41) is 4.51.